The fourth-order valence-corrected chi connectivity index (χ4v) is 4.37. The zero-order valence-corrected chi connectivity index (χ0v) is 19.5. The van der Waals surface area contributed by atoms with Crippen LogP contribution >= 0.6 is 23.4 Å². The van der Waals surface area contributed by atoms with Crippen LogP contribution in [0, 0.1) is 5.92 Å². The molecule has 2 heterocycles. The van der Waals surface area contributed by atoms with E-state index in [1.807, 2.05) is 20.8 Å². The van der Waals surface area contributed by atoms with Crippen molar-refractivity contribution in [2.75, 3.05) is 11.5 Å². The molecule has 170 valence electrons. The third kappa shape index (κ3) is 4.81. The van der Waals surface area contributed by atoms with Crippen molar-refractivity contribution in [2.24, 2.45) is 5.92 Å². The lowest BCUT2D eigenvalue weighted by molar-refractivity contribution is 0.102. The number of thioether (sulfide) groups is 1. The second-order valence-corrected chi connectivity index (χ2v) is 9.13. The summed E-state index contributed by atoms with van der Waals surface area (Å²) in [7, 11) is 0. The van der Waals surface area contributed by atoms with E-state index in [0.29, 0.717) is 34.0 Å². The Hall–Kier alpha value is -2.85. The van der Waals surface area contributed by atoms with Gasteiger partial charge in [0.05, 0.1) is 16.7 Å². The number of aromatic nitrogens is 4. The van der Waals surface area contributed by atoms with Gasteiger partial charge in [-0.15, -0.1) is 0 Å². The van der Waals surface area contributed by atoms with Crippen molar-refractivity contribution in [3.05, 3.63) is 60.0 Å². The average Bonchev–Trinajstić information content (AvgIpc) is 2.72. The molecule has 0 aliphatic carbocycles. The van der Waals surface area contributed by atoms with Crippen LogP contribution in [0.2, 0.25) is 5.02 Å². The minimum Gasteiger partial charge on any atom is -0.384 e. The number of carbonyl (C=O) groups is 1. The van der Waals surface area contributed by atoms with Crippen molar-refractivity contribution in [2.45, 2.75) is 45.4 Å². The van der Waals surface area contributed by atoms with E-state index >= 15 is 0 Å². The molecule has 0 saturated heterocycles. The molecular weight excluding hydrogens is 454 g/mol. The van der Waals surface area contributed by atoms with Crippen LogP contribution in [-0.2, 0) is 13.1 Å². The molecule has 3 N–H and O–H groups in total. The Kier molecular flexibility index (Phi) is 7.25. The van der Waals surface area contributed by atoms with Crippen LogP contribution < -0.4 is 22.5 Å². The van der Waals surface area contributed by atoms with Gasteiger partial charge in [0.15, 0.2) is 10.9 Å². The first kappa shape index (κ1) is 23.8. The first-order chi connectivity index (χ1) is 15.1. The molecule has 0 amide bonds. The van der Waals surface area contributed by atoms with Crippen molar-refractivity contribution in [3.8, 4) is 0 Å². The van der Waals surface area contributed by atoms with Gasteiger partial charge in [-0.3, -0.25) is 28.5 Å². The smallest absolute Gasteiger partial charge is 0.329 e. The van der Waals surface area contributed by atoms with E-state index in [1.165, 1.54) is 9.13 Å². The van der Waals surface area contributed by atoms with Gasteiger partial charge in [0.2, 0.25) is 0 Å². The first-order valence-electron chi connectivity index (χ1n) is 10.1. The second-order valence-electron chi connectivity index (χ2n) is 7.75. The summed E-state index contributed by atoms with van der Waals surface area (Å²) in [5.41, 5.74) is 4.44. The lowest BCUT2D eigenvalue weighted by Gasteiger charge is -2.15. The summed E-state index contributed by atoms with van der Waals surface area (Å²) in [6, 6.07) is 4.85. The molecule has 0 radical (unpaired) electrons. The van der Waals surface area contributed by atoms with Crippen LogP contribution in [0.25, 0.3) is 10.9 Å². The van der Waals surface area contributed by atoms with Gasteiger partial charge in [0, 0.05) is 18.1 Å². The Morgan fingerprint density at radius 1 is 1.25 bits per heavy atom. The molecule has 11 heteroatoms. The highest BCUT2D eigenvalue weighted by atomic mass is 35.5. The van der Waals surface area contributed by atoms with E-state index in [4.69, 9.17) is 17.3 Å². The second kappa shape index (κ2) is 9.74. The van der Waals surface area contributed by atoms with Gasteiger partial charge in [-0.05, 0) is 30.5 Å². The number of hydrogen-bond donors (Lipinski definition) is 2. The molecule has 0 aliphatic rings. The van der Waals surface area contributed by atoms with E-state index in [-0.39, 0.29) is 35.2 Å². The molecular formula is C21H24ClN5O4S. The molecule has 0 bridgehead atoms. The third-order valence-corrected chi connectivity index (χ3v) is 5.94. The first-order valence-corrected chi connectivity index (χ1v) is 11.5. The number of rotatable bonds is 8. The number of nitrogen functional groups attached to an aromatic ring is 1. The Morgan fingerprint density at radius 2 is 1.97 bits per heavy atom. The molecule has 9 nitrogen and oxygen atoms in total. The molecule has 3 aromatic rings. The lowest BCUT2D eigenvalue weighted by Crippen LogP contribution is -2.36. The van der Waals surface area contributed by atoms with Crippen molar-refractivity contribution in [1.29, 1.82) is 0 Å². The molecule has 0 aliphatic heterocycles. The van der Waals surface area contributed by atoms with E-state index in [0.717, 1.165) is 11.8 Å². The molecule has 32 heavy (non-hydrogen) atoms. The Morgan fingerprint density at radius 3 is 2.62 bits per heavy atom. The van der Waals surface area contributed by atoms with Crippen LogP contribution in [0.15, 0.2) is 37.7 Å². The fourth-order valence-electron chi connectivity index (χ4n) is 3.31. The van der Waals surface area contributed by atoms with E-state index < -0.39 is 17.0 Å². The monoisotopic (exact) mass is 477 g/mol. The Bertz CT molecular complexity index is 1360. The maximum atomic E-state index is 13.1. The normalized spacial score (nSPS) is 11.4. The summed E-state index contributed by atoms with van der Waals surface area (Å²) in [6.07, 6.45) is 0.602. The predicted molar refractivity (Wildman–Crippen MR) is 127 cm³/mol. The highest BCUT2D eigenvalue weighted by molar-refractivity contribution is 7.99. The summed E-state index contributed by atoms with van der Waals surface area (Å²) < 4.78 is 2.68. The molecule has 1 aromatic carbocycles. The van der Waals surface area contributed by atoms with Crippen molar-refractivity contribution < 1.29 is 4.79 Å². The average molecular weight is 478 g/mol. The van der Waals surface area contributed by atoms with Gasteiger partial charge in [0.25, 0.3) is 11.1 Å². The van der Waals surface area contributed by atoms with Crippen LogP contribution in [-0.4, -0.2) is 30.6 Å². The molecule has 0 atom stereocenters. The van der Waals surface area contributed by atoms with Crippen molar-refractivity contribution in [1.82, 2.24) is 19.1 Å². The molecule has 3 rings (SSSR count). The molecule has 0 saturated carbocycles. The number of nitrogens with zero attached hydrogens (tertiary/aromatic N) is 3. The van der Waals surface area contributed by atoms with Gasteiger partial charge in [0.1, 0.15) is 11.4 Å². The van der Waals surface area contributed by atoms with E-state index in [1.54, 1.807) is 18.2 Å². The van der Waals surface area contributed by atoms with E-state index in [2.05, 4.69) is 9.97 Å². The number of carbonyl (C=O) groups excluding carboxylic acids is 1. The number of aromatic amines is 1. The summed E-state index contributed by atoms with van der Waals surface area (Å²) >= 11 is 7.08. The molecule has 0 fully saturated rings. The number of Topliss-reactive ketones (excluding diaryl/α,β-unsaturated/α-hetero) is 1. The number of hydrogen-bond acceptors (Lipinski definition) is 7. The van der Waals surface area contributed by atoms with Gasteiger partial charge in [-0.2, -0.15) is 0 Å². The topological polar surface area (TPSA) is 133 Å². The van der Waals surface area contributed by atoms with Crippen molar-refractivity contribution in [3.63, 3.8) is 0 Å². The van der Waals surface area contributed by atoms with Crippen LogP contribution in [0.3, 0.4) is 0 Å². The van der Waals surface area contributed by atoms with Gasteiger partial charge in [-0.25, -0.2) is 9.78 Å². The van der Waals surface area contributed by atoms with Crippen molar-refractivity contribution >= 4 is 45.9 Å². The summed E-state index contributed by atoms with van der Waals surface area (Å²) in [5.74, 6) is -0.745. The molecule has 0 unspecified atom stereocenters. The van der Waals surface area contributed by atoms with Crippen LogP contribution in [0.4, 0.5) is 5.82 Å². The molecule has 0 spiro atoms. The van der Waals surface area contributed by atoms with Gasteiger partial charge in [-0.1, -0.05) is 44.1 Å². The van der Waals surface area contributed by atoms with Gasteiger partial charge < -0.3 is 5.73 Å². The zero-order chi connectivity index (χ0) is 23.6. The minimum absolute atomic E-state index is 0.150. The number of ketones is 1. The largest absolute Gasteiger partial charge is 0.384 e. The lowest BCUT2D eigenvalue weighted by atomic mass is 10.2. The van der Waals surface area contributed by atoms with E-state index in [9.17, 15) is 19.2 Å². The number of H-pyrrole nitrogens is 1. The number of nitrogens with one attached hydrogen (secondary N) is 1. The third-order valence-electron chi connectivity index (χ3n) is 4.73. The minimum atomic E-state index is -0.828. The standard InChI is InChI=1S/C21H24ClN5O4S/c1-4-7-26-17(23)16(18(29)25-20(26)31)15(28)10-32-21-24-14-6-5-12(22)8-13(14)19(30)27(21)9-11(2)3/h5-6,8,11H,4,7,9-10,23H2,1-3H3,(H,25,29,31). The number of nitrogens with two attached hydrogens (primary N) is 1. The highest BCUT2D eigenvalue weighted by Crippen LogP contribution is 2.22. The van der Waals surface area contributed by atoms with Crippen LogP contribution in [0.5, 0.6) is 0 Å². The maximum Gasteiger partial charge on any atom is 0.329 e. The summed E-state index contributed by atoms with van der Waals surface area (Å²) in [5, 5.41) is 1.17. The predicted octanol–water partition coefficient (Wildman–Crippen LogP) is 2.52. The Labute approximate surface area is 192 Å². The van der Waals surface area contributed by atoms with Gasteiger partial charge >= 0.3 is 5.69 Å². The highest BCUT2D eigenvalue weighted by Gasteiger charge is 2.21. The zero-order valence-electron chi connectivity index (χ0n) is 18.0. The number of anilines is 1. The fraction of sp³-hybridized carbons (Fsp3) is 0.381. The summed E-state index contributed by atoms with van der Waals surface area (Å²) in [4.78, 5) is 56.9. The number of fused-ring (bicyclic) bond motifs is 1. The summed E-state index contributed by atoms with van der Waals surface area (Å²) in [6.45, 7) is 6.45. The quantitative estimate of drug-likeness (QED) is 0.289. The Balaban J connectivity index is 2.00. The molecule has 2 aromatic heterocycles. The maximum absolute atomic E-state index is 13.1. The van der Waals surface area contributed by atoms with Crippen LogP contribution in [0.1, 0.15) is 37.6 Å². The number of benzene rings is 1. The SMILES string of the molecule is CCCn1c(N)c(C(=O)CSc2nc3ccc(Cl)cc3c(=O)n2CC(C)C)c(=O)[nH]c1=O. The number of halogens is 1.